The number of halogens is 1. The molecule has 1 saturated carbocycles. The maximum Gasteiger partial charge on any atom is 0.341 e. The number of aromatic nitrogens is 1. The fourth-order valence-electron chi connectivity index (χ4n) is 4.71. The highest BCUT2D eigenvalue weighted by molar-refractivity contribution is 5.97. The van der Waals surface area contributed by atoms with E-state index in [9.17, 15) is 14.7 Å². The lowest BCUT2D eigenvalue weighted by molar-refractivity contribution is 0.0694. The third kappa shape index (κ3) is 11.8. The Hall–Kier alpha value is -2.61. The molecule has 0 radical (unpaired) electrons. The Labute approximate surface area is 261 Å². The van der Waals surface area contributed by atoms with Gasteiger partial charge in [-0.25, -0.2) is 9.18 Å². The van der Waals surface area contributed by atoms with E-state index < -0.39 is 17.2 Å². The van der Waals surface area contributed by atoms with Crippen molar-refractivity contribution in [3.8, 4) is 5.75 Å². The topological polar surface area (TPSA) is 83.8 Å². The number of aromatic carboxylic acids is 1. The van der Waals surface area contributed by atoms with E-state index in [1.165, 1.54) is 57.9 Å². The Morgan fingerprint density at radius 2 is 1.63 bits per heavy atom. The zero-order valence-electron chi connectivity index (χ0n) is 29.1. The normalized spacial score (nSPS) is 15.9. The highest BCUT2D eigenvalue weighted by Gasteiger charge is 2.34. The molecule has 1 aromatic carbocycles. The van der Waals surface area contributed by atoms with Crippen molar-refractivity contribution in [2.75, 3.05) is 32.1 Å². The highest BCUT2D eigenvalue weighted by Crippen LogP contribution is 2.44. The molecule has 0 spiro atoms. The van der Waals surface area contributed by atoms with Crippen LogP contribution in [-0.4, -0.2) is 48.9 Å². The van der Waals surface area contributed by atoms with Crippen LogP contribution in [0.3, 0.4) is 0 Å². The molecule has 8 heteroatoms. The molecule has 7 nitrogen and oxygen atoms in total. The van der Waals surface area contributed by atoms with Crippen LogP contribution in [0.2, 0.25) is 0 Å². The molecule has 1 aliphatic heterocycles. The van der Waals surface area contributed by atoms with Crippen LogP contribution in [0.25, 0.3) is 10.9 Å². The van der Waals surface area contributed by atoms with Crippen molar-refractivity contribution in [1.82, 2.24) is 9.88 Å². The predicted octanol–water partition coefficient (Wildman–Crippen LogP) is 9.06. The zero-order chi connectivity index (χ0) is 33.1. The minimum Gasteiger partial charge on any atom is -0.492 e. The Kier molecular flexibility index (Phi) is 20.6. The highest BCUT2D eigenvalue weighted by atomic mass is 19.1. The molecule has 2 atom stereocenters. The number of rotatable bonds is 9. The zero-order valence-corrected chi connectivity index (χ0v) is 29.1. The number of nitrogens with zero attached hydrogens (tertiary/aromatic N) is 2. The molecule has 248 valence electrons. The lowest BCUT2D eigenvalue weighted by atomic mass is 10.0. The number of anilines is 1. The van der Waals surface area contributed by atoms with E-state index in [1.54, 1.807) is 4.57 Å². The first-order valence-electron chi connectivity index (χ1n) is 16.7. The van der Waals surface area contributed by atoms with Crippen molar-refractivity contribution < 1.29 is 19.0 Å². The molecule has 2 fully saturated rings. The number of ether oxygens (including phenoxy) is 1. The van der Waals surface area contributed by atoms with Crippen LogP contribution in [-0.2, 0) is 0 Å². The number of carboxylic acids is 1. The van der Waals surface area contributed by atoms with E-state index in [-0.39, 0.29) is 17.0 Å². The van der Waals surface area contributed by atoms with Crippen molar-refractivity contribution in [3.05, 3.63) is 33.9 Å². The molecule has 1 saturated heterocycles. The molecule has 43 heavy (non-hydrogen) atoms. The van der Waals surface area contributed by atoms with E-state index in [0.29, 0.717) is 42.0 Å². The van der Waals surface area contributed by atoms with E-state index in [1.807, 2.05) is 25.8 Å². The van der Waals surface area contributed by atoms with Gasteiger partial charge in [-0.3, -0.25) is 4.79 Å². The Bertz CT molecular complexity index is 1130. The lowest BCUT2D eigenvalue weighted by Gasteiger charge is -2.25. The molecule has 2 heterocycles. The molecule has 4 rings (SSSR count). The number of pyridine rings is 1. The molecule has 1 aromatic heterocycles. The van der Waals surface area contributed by atoms with Crippen LogP contribution in [0.5, 0.6) is 5.75 Å². The predicted molar refractivity (Wildman–Crippen MR) is 182 cm³/mol. The lowest BCUT2D eigenvalue weighted by Crippen LogP contribution is -2.33. The molecule has 2 unspecified atom stereocenters. The molecular formula is C35H62FN3O4. The summed E-state index contributed by atoms with van der Waals surface area (Å²) in [5.74, 6) is -1.19. The van der Waals surface area contributed by atoms with Gasteiger partial charge in [-0.2, -0.15) is 0 Å². The number of fused-ring (bicyclic) bond motifs is 1. The first-order valence-corrected chi connectivity index (χ1v) is 16.7. The van der Waals surface area contributed by atoms with Crippen molar-refractivity contribution in [2.45, 2.75) is 132 Å². The van der Waals surface area contributed by atoms with Gasteiger partial charge >= 0.3 is 5.97 Å². The van der Waals surface area contributed by atoms with Crippen LogP contribution < -0.4 is 20.4 Å². The van der Waals surface area contributed by atoms with E-state index >= 15 is 4.39 Å². The smallest absolute Gasteiger partial charge is 0.341 e. The third-order valence-corrected chi connectivity index (χ3v) is 7.48. The van der Waals surface area contributed by atoms with Crippen molar-refractivity contribution in [3.63, 3.8) is 0 Å². The van der Waals surface area contributed by atoms with Gasteiger partial charge in [0.25, 0.3) is 0 Å². The Morgan fingerprint density at radius 1 is 1.07 bits per heavy atom. The molecule has 2 aromatic rings. The molecule has 2 aliphatic rings. The van der Waals surface area contributed by atoms with Gasteiger partial charge in [0.05, 0.1) is 18.0 Å². The molecule has 0 amide bonds. The van der Waals surface area contributed by atoms with Gasteiger partial charge < -0.3 is 24.6 Å². The van der Waals surface area contributed by atoms with Gasteiger partial charge in [0.15, 0.2) is 11.6 Å². The average Bonchev–Trinajstić information content (AvgIpc) is 3.74. The van der Waals surface area contributed by atoms with Crippen LogP contribution in [0.1, 0.15) is 137 Å². The first kappa shape index (κ1) is 40.4. The summed E-state index contributed by atoms with van der Waals surface area (Å²) in [6.07, 6.45) is 12.0. The van der Waals surface area contributed by atoms with E-state index in [0.717, 1.165) is 19.3 Å². The summed E-state index contributed by atoms with van der Waals surface area (Å²) < 4.78 is 22.7. The van der Waals surface area contributed by atoms with Gasteiger partial charge in [0.1, 0.15) is 11.3 Å². The van der Waals surface area contributed by atoms with Gasteiger partial charge in [-0.15, -0.1) is 0 Å². The third-order valence-electron chi connectivity index (χ3n) is 7.48. The number of unbranched alkanes of at least 4 members (excludes halogenated alkanes) is 3. The largest absolute Gasteiger partial charge is 0.492 e. The standard InChI is InChI=1S/C21H26FN3O4.C5H12.C4H10.C3H8.C2H6/c1-11(23-2)12-6-7-24(9-12)18-16(22)8-14-17(20(18)29-3)25(13-4-5-13)10-15(19(14)26)21(27)28;1-3-5-4-2;1-3-4-2;1-3-2;1-2/h8,10-13,23H,4-7,9H2,1-3H3,(H,27,28);3-5H2,1-2H3;3-4H2,1-2H3;3H2,1-2H3;1-2H3. The van der Waals surface area contributed by atoms with Crippen LogP contribution >= 0.6 is 0 Å². The van der Waals surface area contributed by atoms with Crippen molar-refractivity contribution in [2.24, 2.45) is 5.92 Å². The fourth-order valence-corrected chi connectivity index (χ4v) is 4.71. The van der Waals surface area contributed by atoms with Gasteiger partial charge in [-0.1, -0.05) is 93.9 Å². The number of methoxy groups -OCH3 is 1. The SMILES string of the molecule is CC.CCC.CCCC.CCCCC.CNC(C)C1CCN(c2c(F)cc3c(=O)c(C(=O)O)cn(C4CC4)c3c2OC)C1. The summed E-state index contributed by atoms with van der Waals surface area (Å²) in [7, 11) is 3.38. The first-order chi connectivity index (χ1) is 20.6. The maximum atomic E-state index is 15.3. The van der Waals surface area contributed by atoms with Gasteiger partial charge in [0, 0.05) is 31.4 Å². The monoisotopic (exact) mass is 607 g/mol. The number of carbonyl (C=O) groups is 1. The van der Waals surface area contributed by atoms with Crippen LogP contribution in [0.15, 0.2) is 17.1 Å². The summed E-state index contributed by atoms with van der Waals surface area (Å²) in [5.41, 5.74) is -0.201. The fraction of sp³-hybridized carbons (Fsp3) is 0.714. The van der Waals surface area contributed by atoms with E-state index in [2.05, 4.69) is 53.8 Å². The second-order valence-electron chi connectivity index (χ2n) is 11.1. The Morgan fingerprint density at radius 3 is 2.02 bits per heavy atom. The molecular weight excluding hydrogens is 545 g/mol. The van der Waals surface area contributed by atoms with Crippen molar-refractivity contribution >= 4 is 22.6 Å². The minimum atomic E-state index is -1.31. The van der Waals surface area contributed by atoms with Crippen LogP contribution in [0, 0.1) is 11.7 Å². The quantitative estimate of drug-likeness (QED) is 0.296. The number of nitrogens with one attached hydrogen (secondary N) is 1. The van der Waals surface area contributed by atoms with Crippen molar-refractivity contribution in [1.29, 1.82) is 0 Å². The van der Waals surface area contributed by atoms with Crippen LogP contribution in [0.4, 0.5) is 10.1 Å². The number of benzene rings is 1. The number of hydrogen-bond acceptors (Lipinski definition) is 5. The summed E-state index contributed by atoms with van der Waals surface area (Å²) in [4.78, 5) is 26.3. The number of hydrogen-bond donors (Lipinski definition) is 2. The maximum absolute atomic E-state index is 15.3. The second kappa shape index (κ2) is 22.0. The minimum absolute atomic E-state index is 0.0502. The second-order valence-corrected chi connectivity index (χ2v) is 11.1. The van der Waals surface area contributed by atoms with Gasteiger partial charge in [-0.05, 0) is 45.2 Å². The average molecular weight is 608 g/mol. The summed E-state index contributed by atoms with van der Waals surface area (Å²) in [5, 5.41) is 12.7. The summed E-state index contributed by atoms with van der Waals surface area (Å²) in [6.45, 7) is 20.5. The van der Waals surface area contributed by atoms with Gasteiger partial charge in [0.2, 0.25) is 5.43 Å². The summed E-state index contributed by atoms with van der Waals surface area (Å²) in [6, 6.07) is 1.58. The summed E-state index contributed by atoms with van der Waals surface area (Å²) >= 11 is 0. The Balaban J connectivity index is 0.00000107. The molecule has 2 N–H and O–H groups in total. The molecule has 1 aliphatic carbocycles. The molecule has 0 bridgehead atoms. The number of carboxylic acid groups (broad SMARTS) is 1. The van der Waals surface area contributed by atoms with E-state index in [4.69, 9.17) is 4.74 Å².